The summed E-state index contributed by atoms with van der Waals surface area (Å²) in [7, 11) is 1.59. The lowest BCUT2D eigenvalue weighted by Gasteiger charge is -2.08. The van der Waals surface area contributed by atoms with Crippen LogP contribution < -0.4 is 14.9 Å². The SMILES string of the molecule is CCOC(=O)COc1ccc2oc(-c3ccc(OC)cc3)cc(=O)c2c1. The molecule has 0 fully saturated rings. The third kappa shape index (κ3) is 3.85. The highest BCUT2D eigenvalue weighted by molar-refractivity contribution is 5.80. The van der Waals surface area contributed by atoms with E-state index in [1.54, 1.807) is 44.4 Å². The molecule has 0 spiro atoms. The van der Waals surface area contributed by atoms with E-state index in [1.165, 1.54) is 6.07 Å². The molecular formula is C20H18O6. The van der Waals surface area contributed by atoms with Crippen LogP contribution in [0.4, 0.5) is 0 Å². The second kappa shape index (κ2) is 7.74. The Labute approximate surface area is 149 Å². The van der Waals surface area contributed by atoms with Crippen molar-refractivity contribution in [2.24, 2.45) is 0 Å². The van der Waals surface area contributed by atoms with Gasteiger partial charge in [-0.25, -0.2) is 4.79 Å². The molecule has 6 heteroatoms. The Bertz CT molecular complexity index is 972. The quantitative estimate of drug-likeness (QED) is 0.632. The summed E-state index contributed by atoms with van der Waals surface area (Å²) < 4.78 is 21.1. The van der Waals surface area contributed by atoms with Crippen molar-refractivity contribution in [1.29, 1.82) is 0 Å². The predicted molar refractivity (Wildman–Crippen MR) is 96.6 cm³/mol. The van der Waals surface area contributed by atoms with Gasteiger partial charge in [-0.2, -0.15) is 0 Å². The number of benzene rings is 2. The summed E-state index contributed by atoms with van der Waals surface area (Å²) in [6, 6.07) is 13.5. The lowest BCUT2D eigenvalue weighted by molar-refractivity contribution is -0.145. The number of hydrogen-bond acceptors (Lipinski definition) is 6. The minimum absolute atomic E-state index is 0.196. The van der Waals surface area contributed by atoms with Crippen LogP contribution in [0.1, 0.15) is 6.92 Å². The third-order valence-corrected chi connectivity index (χ3v) is 3.74. The highest BCUT2D eigenvalue weighted by atomic mass is 16.6. The first-order valence-corrected chi connectivity index (χ1v) is 8.11. The molecule has 0 bridgehead atoms. The molecule has 0 saturated carbocycles. The van der Waals surface area contributed by atoms with Gasteiger partial charge in [0, 0.05) is 11.6 Å². The van der Waals surface area contributed by atoms with Crippen molar-refractivity contribution in [1.82, 2.24) is 0 Å². The van der Waals surface area contributed by atoms with Crippen LogP contribution in [0.15, 0.2) is 57.7 Å². The summed E-state index contributed by atoms with van der Waals surface area (Å²) in [6.07, 6.45) is 0. The van der Waals surface area contributed by atoms with Gasteiger partial charge in [-0.05, 0) is 49.4 Å². The van der Waals surface area contributed by atoms with E-state index in [0.29, 0.717) is 22.5 Å². The Morgan fingerprint density at radius 2 is 1.77 bits per heavy atom. The second-order valence-electron chi connectivity index (χ2n) is 5.46. The Morgan fingerprint density at radius 3 is 2.46 bits per heavy atom. The van der Waals surface area contributed by atoms with Crippen LogP contribution in [0.3, 0.4) is 0 Å². The first kappa shape index (κ1) is 17.5. The average Bonchev–Trinajstić information content (AvgIpc) is 2.67. The van der Waals surface area contributed by atoms with Crippen molar-refractivity contribution >= 4 is 16.9 Å². The lowest BCUT2D eigenvalue weighted by atomic mass is 10.1. The summed E-state index contributed by atoms with van der Waals surface area (Å²) in [5, 5.41) is 0.378. The molecule has 0 amide bonds. The second-order valence-corrected chi connectivity index (χ2v) is 5.46. The smallest absolute Gasteiger partial charge is 0.344 e. The number of fused-ring (bicyclic) bond motifs is 1. The molecule has 2 aromatic carbocycles. The van der Waals surface area contributed by atoms with E-state index in [1.807, 2.05) is 12.1 Å². The zero-order chi connectivity index (χ0) is 18.5. The number of carbonyl (C=O) groups is 1. The van der Waals surface area contributed by atoms with Gasteiger partial charge < -0.3 is 18.6 Å². The van der Waals surface area contributed by atoms with Crippen LogP contribution >= 0.6 is 0 Å². The summed E-state index contributed by atoms with van der Waals surface area (Å²) >= 11 is 0. The van der Waals surface area contributed by atoms with Crippen LogP contribution in [0, 0.1) is 0 Å². The number of rotatable bonds is 6. The molecule has 0 aliphatic carbocycles. The van der Waals surface area contributed by atoms with E-state index in [2.05, 4.69) is 0 Å². The van der Waals surface area contributed by atoms with Gasteiger partial charge >= 0.3 is 5.97 Å². The summed E-state index contributed by atoms with van der Waals surface area (Å²) in [6.45, 7) is 1.80. The fraction of sp³-hybridized carbons (Fsp3) is 0.200. The first-order valence-electron chi connectivity index (χ1n) is 8.11. The van der Waals surface area contributed by atoms with Crippen LogP contribution in [0.2, 0.25) is 0 Å². The van der Waals surface area contributed by atoms with Crippen LogP contribution in [-0.2, 0) is 9.53 Å². The zero-order valence-electron chi connectivity index (χ0n) is 14.5. The average molecular weight is 354 g/mol. The van der Waals surface area contributed by atoms with E-state index in [0.717, 1.165) is 11.3 Å². The van der Waals surface area contributed by atoms with Gasteiger partial charge in [-0.1, -0.05) is 0 Å². The largest absolute Gasteiger partial charge is 0.497 e. The third-order valence-electron chi connectivity index (χ3n) is 3.74. The first-order chi connectivity index (χ1) is 12.6. The van der Waals surface area contributed by atoms with Gasteiger partial charge in [-0.3, -0.25) is 4.79 Å². The van der Waals surface area contributed by atoms with Crippen molar-refractivity contribution in [2.75, 3.05) is 20.3 Å². The molecule has 0 aliphatic heterocycles. The van der Waals surface area contributed by atoms with Gasteiger partial charge in [0.05, 0.1) is 19.1 Å². The van der Waals surface area contributed by atoms with Gasteiger partial charge in [0.15, 0.2) is 12.0 Å². The van der Waals surface area contributed by atoms with E-state index in [9.17, 15) is 9.59 Å². The molecule has 0 N–H and O–H groups in total. The molecule has 0 aliphatic rings. The van der Waals surface area contributed by atoms with E-state index < -0.39 is 5.97 Å². The molecule has 6 nitrogen and oxygen atoms in total. The van der Waals surface area contributed by atoms with Crippen molar-refractivity contribution in [3.05, 3.63) is 58.8 Å². The maximum absolute atomic E-state index is 12.5. The lowest BCUT2D eigenvalue weighted by Crippen LogP contribution is -2.14. The van der Waals surface area contributed by atoms with Gasteiger partial charge in [0.2, 0.25) is 0 Å². The van der Waals surface area contributed by atoms with E-state index in [-0.39, 0.29) is 18.6 Å². The Balaban J connectivity index is 1.88. The molecule has 0 saturated heterocycles. The van der Waals surface area contributed by atoms with Crippen molar-refractivity contribution < 1.29 is 23.4 Å². The molecule has 0 atom stereocenters. The van der Waals surface area contributed by atoms with Crippen molar-refractivity contribution in [3.8, 4) is 22.8 Å². The maximum Gasteiger partial charge on any atom is 0.344 e. The number of methoxy groups -OCH3 is 1. The molecule has 0 unspecified atom stereocenters. The standard InChI is InChI=1S/C20H18O6/c1-3-24-20(22)12-25-15-8-9-18-16(10-15)17(21)11-19(26-18)13-4-6-14(23-2)7-5-13/h4-11H,3,12H2,1-2H3. The Hall–Kier alpha value is -3.28. The fourth-order valence-electron chi connectivity index (χ4n) is 2.47. The van der Waals surface area contributed by atoms with Crippen molar-refractivity contribution in [2.45, 2.75) is 6.92 Å². The molecule has 0 radical (unpaired) electrons. The van der Waals surface area contributed by atoms with Crippen molar-refractivity contribution in [3.63, 3.8) is 0 Å². The number of esters is 1. The molecule has 1 aromatic heterocycles. The molecule has 3 aromatic rings. The monoisotopic (exact) mass is 354 g/mol. The van der Waals surface area contributed by atoms with E-state index in [4.69, 9.17) is 18.6 Å². The molecule has 134 valence electrons. The highest BCUT2D eigenvalue weighted by Gasteiger charge is 2.10. The minimum atomic E-state index is -0.463. The molecule has 1 heterocycles. The highest BCUT2D eigenvalue weighted by Crippen LogP contribution is 2.26. The van der Waals surface area contributed by atoms with Gasteiger partial charge in [0.25, 0.3) is 0 Å². The summed E-state index contributed by atoms with van der Waals surface area (Å²) in [5.74, 6) is 1.12. The molecular weight excluding hydrogens is 336 g/mol. The Morgan fingerprint density at radius 1 is 1.04 bits per heavy atom. The van der Waals surface area contributed by atoms with E-state index >= 15 is 0 Å². The molecule has 26 heavy (non-hydrogen) atoms. The number of ether oxygens (including phenoxy) is 3. The number of carbonyl (C=O) groups excluding carboxylic acids is 1. The predicted octanol–water partition coefficient (Wildman–Crippen LogP) is 3.41. The minimum Gasteiger partial charge on any atom is -0.497 e. The van der Waals surface area contributed by atoms with Crippen LogP contribution in [0.25, 0.3) is 22.3 Å². The summed E-state index contributed by atoms with van der Waals surface area (Å²) in [4.78, 5) is 23.8. The van der Waals surface area contributed by atoms with Gasteiger partial charge in [-0.15, -0.1) is 0 Å². The normalized spacial score (nSPS) is 10.5. The number of hydrogen-bond donors (Lipinski definition) is 0. The van der Waals surface area contributed by atoms with Crippen LogP contribution in [-0.4, -0.2) is 26.3 Å². The Kier molecular flexibility index (Phi) is 5.22. The maximum atomic E-state index is 12.5. The zero-order valence-corrected chi connectivity index (χ0v) is 14.5. The molecule has 3 rings (SSSR count). The fourth-order valence-corrected chi connectivity index (χ4v) is 2.47. The summed E-state index contributed by atoms with van der Waals surface area (Å²) in [5.41, 5.74) is 1.01. The van der Waals surface area contributed by atoms with Crippen LogP contribution in [0.5, 0.6) is 11.5 Å². The van der Waals surface area contributed by atoms with Gasteiger partial charge in [0.1, 0.15) is 22.8 Å². The topological polar surface area (TPSA) is 75.0 Å².